The van der Waals surface area contributed by atoms with Gasteiger partial charge in [0.25, 0.3) is 0 Å². The zero-order valence-electron chi connectivity index (χ0n) is 7.06. The summed E-state index contributed by atoms with van der Waals surface area (Å²) in [6.07, 6.45) is 2.06. The third-order valence-electron chi connectivity index (χ3n) is 1.48. The summed E-state index contributed by atoms with van der Waals surface area (Å²) in [7, 11) is 0. The molecule has 0 aromatic carbocycles. The number of aromatic nitrogens is 2. The first-order chi connectivity index (χ1) is 5.65. The van der Waals surface area contributed by atoms with Crippen LogP contribution in [0.2, 0.25) is 5.15 Å². The van der Waals surface area contributed by atoms with E-state index in [0.29, 0.717) is 5.15 Å². The van der Waals surface area contributed by atoms with Gasteiger partial charge in [0.2, 0.25) is 0 Å². The maximum Gasteiger partial charge on any atom is 0.146 e. The van der Waals surface area contributed by atoms with Gasteiger partial charge in [0.1, 0.15) is 11.0 Å². The van der Waals surface area contributed by atoms with E-state index in [4.69, 9.17) is 11.6 Å². The summed E-state index contributed by atoms with van der Waals surface area (Å²) >= 11 is 8.08. The van der Waals surface area contributed by atoms with E-state index >= 15 is 0 Å². The van der Waals surface area contributed by atoms with E-state index in [-0.39, 0.29) is 0 Å². The highest BCUT2D eigenvalue weighted by Crippen LogP contribution is 2.19. The molecule has 0 saturated heterocycles. The van der Waals surface area contributed by atoms with Crippen molar-refractivity contribution in [2.24, 2.45) is 0 Å². The highest BCUT2D eigenvalue weighted by Gasteiger charge is 2.06. The highest BCUT2D eigenvalue weighted by molar-refractivity contribution is 14.1. The minimum Gasteiger partial charge on any atom is -0.237 e. The number of halogens is 2. The summed E-state index contributed by atoms with van der Waals surface area (Å²) in [5, 5.41) is 0.576. The van der Waals surface area contributed by atoms with Gasteiger partial charge in [0.15, 0.2) is 0 Å². The van der Waals surface area contributed by atoms with Crippen molar-refractivity contribution >= 4 is 34.2 Å². The Balaban J connectivity index is 3.09. The second-order valence-corrected chi connectivity index (χ2v) is 4.01. The van der Waals surface area contributed by atoms with Crippen molar-refractivity contribution in [1.29, 1.82) is 0 Å². The zero-order chi connectivity index (χ0) is 9.14. The van der Waals surface area contributed by atoms with Gasteiger partial charge in [0.05, 0.1) is 9.26 Å². The molecular weight excluding hydrogens is 286 g/mol. The monoisotopic (exact) mass is 296 g/mol. The van der Waals surface area contributed by atoms with E-state index in [2.05, 4.69) is 39.5 Å². The Morgan fingerprint density at radius 1 is 1.42 bits per heavy atom. The lowest BCUT2D eigenvalue weighted by molar-refractivity contribution is 0.848. The van der Waals surface area contributed by atoms with Crippen LogP contribution >= 0.6 is 34.2 Å². The van der Waals surface area contributed by atoms with Gasteiger partial charge in [-0.25, -0.2) is 9.97 Å². The van der Waals surface area contributed by atoms with Crippen molar-refractivity contribution in [1.82, 2.24) is 9.97 Å². The first-order valence-corrected chi connectivity index (χ1v) is 5.29. The van der Waals surface area contributed by atoms with Gasteiger partial charge in [-0.2, -0.15) is 0 Å². The molecule has 2 nitrogen and oxygen atoms in total. The molecule has 0 spiro atoms. The van der Waals surface area contributed by atoms with Crippen LogP contribution in [0.25, 0.3) is 0 Å². The SMILES string of the molecule is CCCc1nc(C)nc(Cl)c1I. The first-order valence-electron chi connectivity index (χ1n) is 3.83. The lowest BCUT2D eigenvalue weighted by atomic mass is 10.2. The number of hydrogen-bond donors (Lipinski definition) is 0. The van der Waals surface area contributed by atoms with Crippen LogP contribution in [0.1, 0.15) is 24.9 Å². The molecule has 0 radical (unpaired) electrons. The number of rotatable bonds is 2. The largest absolute Gasteiger partial charge is 0.237 e. The predicted molar refractivity (Wildman–Crippen MR) is 58.5 cm³/mol. The Hall–Kier alpha value is 0.100. The quantitative estimate of drug-likeness (QED) is 0.619. The molecule has 0 aliphatic heterocycles. The van der Waals surface area contributed by atoms with E-state index in [9.17, 15) is 0 Å². The zero-order valence-corrected chi connectivity index (χ0v) is 9.98. The van der Waals surface area contributed by atoms with E-state index < -0.39 is 0 Å². The molecule has 1 heterocycles. The van der Waals surface area contributed by atoms with E-state index in [1.165, 1.54) is 0 Å². The average molecular weight is 297 g/mol. The van der Waals surface area contributed by atoms with Gasteiger partial charge in [-0.15, -0.1) is 0 Å². The second kappa shape index (κ2) is 4.37. The molecule has 0 atom stereocenters. The lowest BCUT2D eigenvalue weighted by Gasteiger charge is -2.03. The average Bonchev–Trinajstić information content (AvgIpc) is 2.00. The van der Waals surface area contributed by atoms with Crippen LogP contribution in [-0.4, -0.2) is 9.97 Å². The fraction of sp³-hybridized carbons (Fsp3) is 0.500. The summed E-state index contributed by atoms with van der Waals surface area (Å²) < 4.78 is 0.988. The van der Waals surface area contributed by atoms with Gasteiger partial charge >= 0.3 is 0 Å². The van der Waals surface area contributed by atoms with E-state index in [0.717, 1.165) is 27.9 Å². The standard InChI is InChI=1S/C8H10ClIN2/c1-3-4-6-7(10)8(9)12-5(2)11-6/h3-4H2,1-2H3. The number of hydrogen-bond acceptors (Lipinski definition) is 2. The summed E-state index contributed by atoms with van der Waals surface area (Å²) in [6.45, 7) is 3.99. The molecule has 1 aromatic heterocycles. The van der Waals surface area contributed by atoms with Crippen LogP contribution in [-0.2, 0) is 6.42 Å². The Kier molecular flexibility index (Phi) is 3.71. The summed E-state index contributed by atoms with van der Waals surface area (Å²) in [4.78, 5) is 8.38. The van der Waals surface area contributed by atoms with Gasteiger partial charge < -0.3 is 0 Å². The smallest absolute Gasteiger partial charge is 0.146 e. The maximum absolute atomic E-state index is 5.90. The Morgan fingerprint density at radius 2 is 2.08 bits per heavy atom. The third kappa shape index (κ3) is 2.29. The molecule has 4 heteroatoms. The first kappa shape index (κ1) is 10.2. The molecule has 0 fully saturated rings. The molecule has 0 amide bonds. The Bertz CT molecular complexity index is 289. The van der Waals surface area contributed by atoms with Crippen molar-refractivity contribution in [2.45, 2.75) is 26.7 Å². The van der Waals surface area contributed by atoms with Crippen LogP contribution in [0.15, 0.2) is 0 Å². The summed E-state index contributed by atoms with van der Waals surface area (Å²) in [5.41, 5.74) is 1.07. The molecule has 0 saturated carbocycles. The second-order valence-electron chi connectivity index (χ2n) is 2.57. The third-order valence-corrected chi connectivity index (χ3v) is 3.20. The molecule has 1 rings (SSSR count). The normalized spacial score (nSPS) is 10.3. The fourth-order valence-corrected chi connectivity index (χ4v) is 1.72. The predicted octanol–water partition coefficient (Wildman–Crippen LogP) is 3.00. The molecule has 12 heavy (non-hydrogen) atoms. The van der Waals surface area contributed by atoms with Crippen LogP contribution in [0, 0.1) is 10.5 Å². The molecule has 0 bridgehead atoms. The van der Waals surface area contributed by atoms with Crippen molar-refractivity contribution in [3.8, 4) is 0 Å². The van der Waals surface area contributed by atoms with Crippen molar-refractivity contribution < 1.29 is 0 Å². The van der Waals surface area contributed by atoms with Crippen molar-refractivity contribution in [3.63, 3.8) is 0 Å². The highest BCUT2D eigenvalue weighted by atomic mass is 127. The lowest BCUT2D eigenvalue weighted by Crippen LogP contribution is -1.99. The van der Waals surface area contributed by atoms with Crippen LogP contribution in [0.4, 0.5) is 0 Å². The van der Waals surface area contributed by atoms with E-state index in [1.807, 2.05) is 6.92 Å². The molecule has 0 unspecified atom stereocenters. The Labute approximate surface area is 90.9 Å². The molecule has 0 aliphatic rings. The van der Waals surface area contributed by atoms with E-state index in [1.54, 1.807) is 0 Å². The van der Waals surface area contributed by atoms with Gasteiger partial charge in [-0.3, -0.25) is 0 Å². The maximum atomic E-state index is 5.90. The minimum absolute atomic E-state index is 0.576. The molecule has 0 N–H and O–H groups in total. The van der Waals surface area contributed by atoms with Gasteiger partial charge in [0, 0.05) is 0 Å². The fourth-order valence-electron chi connectivity index (χ4n) is 0.982. The van der Waals surface area contributed by atoms with Gasteiger partial charge in [-0.1, -0.05) is 24.9 Å². The van der Waals surface area contributed by atoms with Crippen LogP contribution in [0.5, 0.6) is 0 Å². The molecular formula is C8H10ClIN2. The molecule has 1 aromatic rings. The number of nitrogens with zero attached hydrogens (tertiary/aromatic N) is 2. The van der Waals surface area contributed by atoms with Crippen molar-refractivity contribution in [2.75, 3.05) is 0 Å². The molecule has 66 valence electrons. The van der Waals surface area contributed by atoms with Crippen molar-refractivity contribution in [3.05, 3.63) is 20.2 Å². The Morgan fingerprint density at radius 3 is 2.67 bits per heavy atom. The number of aryl methyl sites for hydroxylation is 2. The van der Waals surface area contributed by atoms with Crippen LogP contribution in [0.3, 0.4) is 0 Å². The van der Waals surface area contributed by atoms with Crippen LogP contribution < -0.4 is 0 Å². The molecule has 0 aliphatic carbocycles. The summed E-state index contributed by atoms with van der Waals surface area (Å²) in [5.74, 6) is 0.754. The summed E-state index contributed by atoms with van der Waals surface area (Å²) in [6, 6.07) is 0. The topological polar surface area (TPSA) is 25.8 Å². The minimum atomic E-state index is 0.576. The van der Waals surface area contributed by atoms with Gasteiger partial charge in [-0.05, 0) is 35.9 Å².